The number of benzene rings is 1. The third-order valence-electron chi connectivity index (χ3n) is 3.64. The minimum atomic E-state index is -0.339. The second kappa shape index (κ2) is 6.12. The number of nitrogens with zero attached hydrogens (tertiary/aromatic N) is 4. The minimum absolute atomic E-state index is 0.185. The number of aromatic nitrogens is 4. The average Bonchev–Trinajstić information content (AvgIpc) is 3.03. The normalized spacial score (nSPS) is 10.8. The van der Waals surface area contributed by atoms with Crippen molar-refractivity contribution in [2.24, 2.45) is 0 Å². The van der Waals surface area contributed by atoms with E-state index in [1.165, 1.54) is 18.3 Å². The summed E-state index contributed by atoms with van der Waals surface area (Å²) in [5.41, 5.74) is 2.52. The lowest BCUT2D eigenvalue weighted by Gasteiger charge is -2.01. The molecule has 25 heavy (non-hydrogen) atoms. The Morgan fingerprint density at radius 2 is 2.00 bits per heavy atom. The molecular formula is C18H12FN5O. The first-order valence-electron chi connectivity index (χ1n) is 7.53. The van der Waals surface area contributed by atoms with Crippen LogP contribution in [0, 0.1) is 5.82 Å². The molecule has 122 valence electrons. The van der Waals surface area contributed by atoms with E-state index in [-0.39, 0.29) is 17.7 Å². The highest BCUT2D eigenvalue weighted by Crippen LogP contribution is 2.21. The summed E-state index contributed by atoms with van der Waals surface area (Å²) >= 11 is 0. The number of nitrogens with one attached hydrogen (secondary N) is 1. The molecule has 0 fully saturated rings. The Bertz CT molecular complexity index is 1060. The molecule has 0 radical (unpaired) electrons. The first-order valence-corrected chi connectivity index (χ1v) is 7.53. The summed E-state index contributed by atoms with van der Waals surface area (Å²) in [6.07, 6.45) is 4.79. The lowest BCUT2D eigenvalue weighted by atomic mass is 10.1. The van der Waals surface area contributed by atoms with E-state index in [4.69, 9.17) is 0 Å². The van der Waals surface area contributed by atoms with E-state index in [1.807, 2.05) is 12.1 Å². The van der Waals surface area contributed by atoms with Gasteiger partial charge in [0, 0.05) is 24.2 Å². The quantitative estimate of drug-likeness (QED) is 0.625. The maximum Gasteiger partial charge on any atom is 0.259 e. The van der Waals surface area contributed by atoms with E-state index in [0.717, 1.165) is 11.1 Å². The molecule has 3 heterocycles. The molecule has 0 aliphatic heterocycles. The molecule has 0 atom stereocenters. The van der Waals surface area contributed by atoms with Gasteiger partial charge in [-0.2, -0.15) is 4.98 Å². The highest BCUT2D eigenvalue weighted by Gasteiger charge is 2.11. The summed E-state index contributed by atoms with van der Waals surface area (Å²) in [5.74, 6) is -0.458. The average molecular weight is 333 g/mol. The number of carbonyl (C=O) groups excluding carboxylic acids is 1. The van der Waals surface area contributed by atoms with Gasteiger partial charge in [0.1, 0.15) is 5.82 Å². The number of carbonyl (C=O) groups is 1. The van der Waals surface area contributed by atoms with Crippen LogP contribution in [0.3, 0.4) is 0 Å². The summed E-state index contributed by atoms with van der Waals surface area (Å²) in [7, 11) is 0. The predicted octanol–water partition coefficient (Wildman–Crippen LogP) is 3.18. The van der Waals surface area contributed by atoms with Crippen LogP contribution in [0.5, 0.6) is 0 Å². The van der Waals surface area contributed by atoms with Crippen LogP contribution in [0.4, 0.5) is 10.3 Å². The Labute approximate surface area is 142 Å². The minimum Gasteiger partial charge on any atom is -0.289 e. The zero-order valence-electron chi connectivity index (χ0n) is 12.9. The highest BCUT2D eigenvalue weighted by atomic mass is 19.1. The van der Waals surface area contributed by atoms with Crippen molar-refractivity contribution < 1.29 is 9.18 Å². The summed E-state index contributed by atoms with van der Waals surface area (Å²) < 4.78 is 14.9. The van der Waals surface area contributed by atoms with E-state index in [9.17, 15) is 9.18 Å². The van der Waals surface area contributed by atoms with Gasteiger partial charge in [-0.05, 0) is 42.0 Å². The first-order chi connectivity index (χ1) is 12.2. The van der Waals surface area contributed by atoms with Crippen LogP contribution in [0.2, 0.25) is 0 Å². The molecule has 0 spiro atoms. The van der Waals surface area contributed by atoms with Gasteiger partial charge in [0.25, 0.3) is 5.91 Å². The van der Waals surface area contributed by atoms with Crippen LogP contribution in [0.1, 0.15) is 10.4 Å². The van der Waals surface area contributed by atoms with Crippen molar-refractivity contribution in [2.45, 2.75) is 0 Å². The lowest BCUT2D eigenvalue weighted by Crippen LogP contribution is -2.13. The number of hydrogen-bond acceptors (Lipinski definition) is 4. The molecule has 0 unspecified atom stereocenters. The topological polar surface area (TPSA) is 72.2 Å². The van der Waals surface area contributed by atoms with Crippen LogP contribution in [0.15, 0.2) is 67.1 Å². The van der Waals surface area contributed by atoms with Gasteiger partial charge in [0.2, 0.25) is 5.95 Å². The van der Waals surface area contributed by atoms with Gasteiger partial charge in [-0.1, -0.05) is 12.1 Å². The van der Waals surface area contributed by atoms with Crippen LogP contribution in [-0.4, -0.2) is 25.5 Å². The van der Waals surface area contributed by atoms with Crippen molar-refractivity contribution >= 4 is 17.5 Å². The fourth-order valence-electron chi connectivity index (χ4n) is 2.45. The molecule has 3 aromatic heterocycles. The largest absolute Gasteiger partial charge is 0.289 e. The maximum absolute atomic E-state index is 13.4. The number of fused-ring (bicyclic) bond motifs is 1. The molecule has 4 aromatic rings. The van der Waals surface area contributed by atoms with Crippen molar-refractivity contribution in [3.63, 3.8) is 0 Å². The van der Waals surface area contributed by atoms with Gasteiger partial charge in [-0.3, -0.25) is 15.1 Å². The monoisotopic (exact) mass is 333 g/mol. The van der Waals surface area contributed by atoms with Crippen LogP contribution in [0.25, 0.3) is 16.8 Å². The molecule has 0 aliphatic carbocycles. The maximum atomic E-state index is 13.4. The SMILES string of the molecule is O=C(Nc1nc2ccc(-c3cccc(F)c3)cn2n1)c1cccnc1. The molecule has 1 aromatic carbocycles. The molecule has 1 N–H and O–H groups in total. The Morgan fingerprint density at radius 1 is 1.08 bits per heavy atom. The smallest absolute Gasteiger partial charge is 0.259 e. The van der Waals surface area contributed by atoms with Gasteiger partial charge in [0.05, 0.1) is 5.56 Å². The fourth-order valence-corrected chi connectivity index (χ4v) is 2.45. The molecule has 4 rings (SSSR count). The highest BCUT2D eigenvalue weighted by molar-refractivity contribution is 6.03. The van der Waals surface area contributed by atoms with E-state index < -0.39 is 0 Å². The van der Waals surface area contributed by atoms with Gasteiger partial charge in [-0.15, -0.1) is 5.10 Å². The van der Waals surface area contributed by atoms with E-state index in [1.54, 1.807) is 41.2 Å². The molecule has 1 amide bonds. The Hall–Kier alpha value is -3.61. The molecule has 0 aliphatic rings. The number of hydrogen-bond donors (Lipinski definition) is 1. The summed E-state index contributed by atoms with van der Waals surface area (Å²) in [6, 6.07) is 13.2. The lowest BCUT2D eigenvalue weighted by molar-refractivity contribution is 0.102. The van der Waals surface area contributed by atoms with Crippen LogP contribution >= 0.6 is 0 Å². The third-order valence-corrected chi connectivity index (χ3v) is 3.64. The predicted molar refractivity (Wildman–Crippen MR) is 90.6 cm³/mol. The number of rotatable bonds is 3. The van der Waals surface area contributed by atoms with Gasteiger partial charge < -0.3 is 0 Å². The Kier molecular flexibility index (Phi) is 3.66. The molecule has 7 heteroatoms. The molecule has 0 saturated carbocycles. The van der Waals surface area contributed by atoms with E-state index in [0.29, 0.717) is 11.2 Å². The fraction of sp³-hybridized carbons (Fsp3) is 0. The molecule has 0 bridgehead atoms. The van der Waals surface area contributed by atoms with Crippen molar-refractivity contribution in [1.29, 1.82) is 0 Å². The number of pyridine rings is 2. The van der Waals surface area contributed by atoms with Crippen LogP contribution in [-0.2, 0) is 0 Å². The van der Waals surface area contributed by atoms with Crippen molar-refractivity contribution in [1.82, 2.24) is 19.6 Å². The standard InChI is InChI=1S/C18H12FN5O/c19-15-5-1-3-12(9-15)14-6-7-16-21-18(23-24(16)11-14)22-17(25)13-4-2-8-20-10-13/h1-11H,(H,22,23,25). The van der Waals surface area contributed by atoms with Crippen molar-refractivity contribution in [2.75, 3.05) is 5.32 Å². The van der Waals surface area contributed by atoms with Crippen molar-refractivity contribution in [3.8, 4) is 11.1 Å². The van der Waals surface area contributed by atoms with E-state index in [2.05, 4.69) is 20.4 Å². The Morgan fingerprint density at radius 3 is 2.80 bits per heavy atom. The van der Waals surface area contributed by atoms with Gasteiger partial charge in [-0.25, -0.2) is 8.91 Å². The molecular weight excluding hydrogens is 321 g/mol. The molecule has 0 saturated heterocycles. The second-order valence-electron chi connectivity index (χ2n) is 5.36. The zero-order valence-corrected chi connectivity index (χ0v) is 12.9. The summed E-state index contributed by atoms with van der Waals surface area (Å²) in [6.45, 7) is 0. The van der Waals surface area contributed by atoms with Crippen LogP contribution < -0.4 is 5.32 Å². The summed E-state index contributed by atoms with van der Waals surface area (Å²) in [4.78, 5) is 20.3. The number of anilines is 1. The number of amides is 1. The molecule has 6 nitrogen and oxygen atoms in total. The Balaban J connectivity index is 1.63. The van der Waals surface area contributed by atoms with Gasteiger partial charge in [0.15, 0.2) is 5.65 Å². The van der Waals surface area contributed by atoms with Gasteiger partial charge >= 0.3 is 0 Å². The van der Waals surface area contributed by atoms with E-state index >= 15 is 0 Å². The van der Waals surface area contributed by atoms with Crippen molar-refractivity contribution in [3.05, 3.63) is 78.5 Å². The third kappa shape index (κ3) is 3.07. The summed E-state index contributed by atoms with van der Waals surface area (Å²) in [5, 5.41) is 6.88. The second-order valence-corrected chi connectivity index (χ2v) is 5.36. The zero-order chi connectivity index (χ0) is 17.2. The first kappa shape index (κ1) is 14.9. The number of halogens is 1.